The molecule has 5 nitrogen and oxygen atoms in total. The first kappa shape index (κ1) is 12.3. The zero-order valence-corrected chi connectivity index (χ0v) is 9.88. The molecule has 94 valence electrons. The summed E-state index contributed by atoms with van der Waals surface area (Å²) in [6.07, 6.45) is -0.0490. The minimum atomic E-state index is -1.21. The van der Waals surface area contributed by atoms with E-state index in [1.54, 1.807) is 24.3 Å². The quantitative estimate of drug-likeness (QED) is 0.703. The number of hydrogen-bond donors (Lipinski definition) is 0. The van der Waals surface area contributed by atoms with Gasteiger partial charge < -0.3 is 14.8 Å². The van der Waals surface area contributed by atoms with Gasteiger partial charge in [-0.25, -0.2) is 0 Å². The molecule has 1 saturated heterocycles. The smallest absolute Gasteiger partial charge is 0.227 e. The first-order valence-corrected chi connectivity index (χ1v) is 5.61. The van der Waals surface area contributed by atoms with E-state index in [1.165, 1.54) is 11.8 Å². The Kier molecular flexibility index (Phi) is 3.14. The number of benzene rings is 1. The van der Waals surface area contributed by atoms with Crippen molar-refractivity contribution in [2.24, 2.45) is 5.92 Å². The highest BCUT2D eigenvalue weighted by molar-refractivity contribution is 6.01. The van der Waals surface area contributed by atoms with Crippen molar-refractivity contribution in [3.63, 3.8) is 0 Å². The van der Waals surface area contributed by atoms with Crippen LogP contribution in [0.5, 0.6) is 0 Å². The van der Waals surface area contributed by atoms with Crippen molar-refractivity contribution in [1.82, 2.24) is 0 Å². The summed E-state index contributed by atoms with van der Waals surface area (Å²) in [5.74, 6) is -2.35. The third kappa shape index (κ3) is 2.25. The van der Waals surface area contributed by atoms with Crippen molar-refractivity contribution >= 4 is 23.3 Å². The van der Waals surface area contributed by atoms with Gasteiger partial charge in [0.25, 0.3) is 0 Å². The van der Waals surface area contributed by atoms with E-state index in [9.17, 15) is 19.5 Å². The Hall–Kier alpha value is -2.17. The van der Waals surface area contributed by atoms with Crippen LogP contribution >= 0.6 is 0 Å². The Balaban J connectivity index is 2.27. The second kappa shape index (κ2) is 4.60. The Bertz CT molecular complexity index is 523. The van der Waals surface area contributed by atoms with E-state index in [2.05, 4.69) is 0 Å². The Morgan fingerprint density at radius 3 is 2.67 bits per heavy atom. The van der Waals surface area contributed by atoms with Crippen molar-refractivity contribution in [2.75, 3.05) is 11.4 Å². The average molecular weight is 246 g/mol. The van der Waals surface area contributed by atoms with Crippen LogP contribution in [-0.2, 0) is 9.59 Å². The molecule has 0 N–H and O–H groups in total. The maximum Gasteiger partial charge on any atom is 0.227 e. The van der Waals surface area contributed by atoms with Crippen molar-refractivity contribution in [3.8, 4) is 0 Å². The summed E-state index contributed by atoms with van der Waals surface area (Å²) in [5.41, 5.74) is 1.05. The van der Waals surface area contributed by atoms with Crippen LogP contribution in [0.1, 0.15) is 23.7 Å². The molecular formula is C13H12NO4-. The van der Waals surface area contributed by atoms with Crippen LogP contribution in [0.3, 0.4) is 0 Å². The van der Waals surface area contributed by atoms with Gasteiger partial charge in [0.15, 0.2) is 5.78 Å². The van der Waals surface area contributed by atoms with Gasteiger partial charge in [0.1, 0.15) is 0 Å². The number of amides is 1. The molecule has 0 radical (unpaired) electrons. The monoisotopic (exact) mass is 246 g/mol. The zero-order chi connectivity index (χ0) is 13.3. The molecule has 18 heavy (non-hydrogen) atoms. The van der Waals surface area contributed by atoms with Crippen LogP contribution in [0, 0.1) is 5.92 Å². The van der Waals surface area contributed by atoms with E-state index in [0.29, 0.717) is 11.3 Å². The third-order valence-electron chi connectivity index (χ3n) is 3.02. The van der Waals surface area contributed by atoms with Crippen LogP contribution in [0.2, 0.25) is 0 Å². The Morgan fingerprint density at radius 1 is 1.39 bits per heavy atom. The van der Waals surface area contributed by atoms with Gasteiger partial charge in [-0.3, -0.25) is 9.59 Å². The lowest BCUT2D eigenvalue weighted by atomic mass is 10.1. The van der Waals surface area contributed by atoms with Crippen molar-refractivity contribution in [2.45, 2.75) is 13.3 Å². The number of carboxylic acid groups (broad SMARTS) is 1. The van der Waals surface area contributed by atoms with Gasteiger partial charge in [-0.1, -0.05) is 12.1 Å². The van der Waals surface area contributed by atoms with Crippen molar-refractivity contribution < 1.29 is 19.5 Å². The Morgan fingerprint density at radius 2 is 2.11 bits per heavy atom. The minimum Gasteiger partial charge on any atom is -0.550 e. The molecule has 2 rings (SSSR count). The van der Waals surface area contributed by atoms with Gasteiger partial charge in [0, 0.05) is 36.1 Å². The van der Waals surface area contributed by atoms with Gasteiger partial charge in [0.2, 0.25) is 5.91 Å². The highest BCUT2D eigenvalue weighted by Gasteiger charge is 2.31. The fraction of sp³-hybridized carbons (Fsp3) is 0.308. The maximum atomic E-state index is 11.7. The SMILES string of the molecule is CC(=O)c1cccc(N2C[C@@H](C(=O)[O-])CC2=O)c1. The summed E-state index contributed by atoms with van der Waals surface area (Å²) in [7, 11) is 0. The summed E-state index contributed by atoms with van der Waals surface area (Å²) in [6.45, 7) is 1.54. The number of nitrogens with zero attached hydrogens (tertiary/aromatic N) is 1. The molecular weight excluding hydrogens is 234 g/mol. The molecule has 0 saturated carbocycles. The molecule has 0 aromatic heterocycles. The summed E-state index contributed by atoms with van der Waals surface area (Å²) in [4.78, 5) is 35.1. The topological polar surface area (TPSA) is 77.5 Å². The van der Waals surface area contributed by atoms with E-state index in [4.69, 9.17) is 0 Å². The molecule has 0 spiro atoms. The lowest BCUT2D eigenvalue weighted by molar-refractivity contribution is -0.310. The van der Waals surface area contributed by atoms with Crippen LogP contribution in [0.25, 0.3) is 0 Å². The molecule has 1 aliphatic rings. The van der Waals surface area contributed by atoms with Crippen molar-refractivity contribution in [1.29, 1.82) is 0 Å². The number of rotatable bonds is 3. The molecule has 1 amide bonds. The standard InChI is InChI=1S/C13H13NO4/c1-8(15)9-3-2-4-11(5-9)14-7-10(13(17)18)6-12(14)16/h2-5,10H,6-7H2,1H3,(H,17,18)/p-1/t10-/m0/s1. The maximum absolute atomic E-state index is 11.7. The minimum absolute atomic E-state index is 0.0490. The molecule has 5 heteroatoms. The number of aliphatic carboxylic acids is 1. The van der Waals surface area contributed by atoms with Gasteiger partial charge in [-0.2, -0.15) is 0 Å². The lowest BCUT2D eigenvalue weighted by Crippen LogP contribution is -2.33. The summed E-state index contributed by atoms with van der Waals surface area (Å²) in [5, 5.41) is 10.8. The summed E-state index contributed by atoms with van der Waals surface area (Å²) < 4.78 is 0. The molecule has 1 aromatic carbocycles. The fourth-order valence-corrected chi connectivity index (χ4v) is 2.01. The first-order valence-electron chi connectivity index (χ1n) is 5.61. The average Bonchev–Trinajstić information content (AvgIpc) is 2.72. The molecule has 1 aliphatic heterocycles. The number of anilines is 1. The van der Waals surface area contributed by atoms with Crippen LogP contribution in [0.4, 0.5) is 5.69 Å². The van der Waals surface area contributed by atoms with Crippen LogP contribution < -0.4 is 10.0 Å². The van der Waals surface area contributed by atoms with E-state index in [1.807, 2.05) is 0 Å². The van der Waals surface area contributed by atoms with Gasteiger partial charge in [-0.15, -0.1) is 0 Å². The predicted octanol–water partition coefficient (Wildman–Crippen LogP) is -0.00800. The second-order valence-corrected chi connectivity index (χ2v) is 4.33. The van der Waals surface area contributed by atoms with Gasteiger partial charge in [0.05, 0.1) is 0 Å². The van der Waals surface area contributed by atoms with Gasteiger partial charge >= 0.3 is 0 Å². The van der Waals surface area contributed by atoms with Crippen molar-refractivity contribution in [3.05, 3.63) is 29.8 Å². The molecule has 0 unspecified atom stereocenters. The molecule has 0 bridgehead atoms. The zero-order valence-electron chi connectivity index (χ0n) is 9.88. The molecule has 1 atom stereocenters. The first-order chi connectivity index (χ1) is 8.49. The largest absolute Gasteiger partial charge is 0.550 e. The summed E-state index contributed by atoms with van der Waals surface area (Å²) >= 11 is 0. The Labute approximate surface area is 104 Å². The van der Waals surface area contributed by atoms with E-state index < -0.39 is 11.9 Å². The number of carbonyl (C=O) groups is 3. The second-order valence-electron chi connectivity index (χ2n) is 4.33. The number of carboxylic acids is 1. The number of carbonyl (C=O) groups excluding carboxylic acids is 3. The van der Waals surface area contributed by atoms with Gasteiger partial charge in [-0.05, 0) is 19.1 Å². The number of ketones is 1. The fourth-order valence-electron chi connectivity index (χ4n) is 2.01. The van der Waals surface area contributed by atoms with Crippen LogP contribution in [0.15, 0.2) is 24.3 Å². The number of Topliss-reactive ketones (excluding diaryl/α,β-unsaturated/α-hetero) is 1. The molecule has 1 fully saturated rings. The third-order valence-corrected chi connectivity index (χ3v) is 3.02. The van der Waals surface area contributed by atoms with E-state index in [0.717, 1.165) is 0 Å². The highest BCUT2D eigenvalue weighted by atomic mass is 16.4. The number of hydrogen-bond acceptors (Lipinski definition) is 4. The van der Waals surface area contributed by atoms with Crippen LogP contribution in [-0.4, -0.2) is 24.2 Å². The summed E-state index contributed by atoms with van der Waals surface area (Å²) in [6, 6.07) is 6.61. The van der Waals surface area contributed by atoms with E-state index in [-0.39, 0.29) is 24.7 Å². The van der Waals surface area contributed by atoms with E-state index >= 15 is 0 Å². The molecule has 1 heterocycles. The lowest BCUT2D eigenvalue weighted by Gasteiger charge is -2.17. The molecule has 1 aromatic rings. The normalized spacial score (nSPS) is 19.1. The molecule has 0 aliphatic carbocycles. The highest BCUT2D eigenvalue weighted by Crippen LogP contribution is 2.25. The predicted molar refractivity (Wildman–Crippen MR) is 61.9 cm³/mol.